The number of esters is 4. The third-order valence-electron chi connectivity index (χ3n) is 15.5. The second kappa shape index (κ2) is 66.4. The highest BCUT2D eigenvalue weighted by Crippen LogP contribution is 2.45. The van der Waals surface area contributed by atoms with E-state index in [0.717, 1.165) is 122 Å². The molecule has 0 saturated carbocycles. The fraction of sp³-hybridized carbons (Fsp3) is 0.808. The summed E-state index contributed by atoms with van der Waals surface area (Å²) in [6, 6.07) is 0. The largest absolute Gasteiger partial charge is 0.472 e. The fourth-order valence-electron chi connectivity index (χ4n) is 9.95. The van der Waals surface area contributed by atoms with Gasteiger partial charge in [0, 0.05) is 25.7 Å². The number of aliphatic hydroxyl groups excluding tert-OH is 1. The molecule has 0 aliphatic rings. The van der Waals surface area contributed by atoms with Crippen molar-refractivity contribution in [2.75, 3.05) is 39.6 Å². The maximum atomic E-state index is 13.0. The fourth-order valence-corrected chi connectivity index (χ4v) is 11.5. The Bertz CT molecular complexity index is 1990. The Balaban J connectivity index is 5.28. The van der Waals surface area contributed by atoms with Gasteiger partial charge in [-0.15, -0.1) is 0 Å². The Labute approximate surface area is 559 Å². The number of phosphoric acid groups is 2. The third-order valence-corrected chi connectivity index (χ3v) is 17.4. The molecule has 3 N–H and O–H groups in total. The van der Waals surface area contributed by atoms with Crippen molar-refractivity contribution in [3.63, 3.8) is 0 Å². The quantitative estimate of drug-likeness (QED) is 0.0169. The summed E-state index contributed by atoms with van der Waals surface area (Å²) in [5.41, 5.74) is 0. The van der Waals surface area contributed by atoms with Crippen LogP contribution in [0.2, 0.25) is 0 Å². The first-order valence-corrected chi connectivity index (χ1v) is 39.5. The Morgan fingerprint density at radius 2 is 0.565 bits per heavy atom. The van der Waals surface area contributed by atoms with Crippen LogP contribution in [0, 0.1) is 0 Å². The number of allylic oxidation sites excluding steroid dienone is 10. The predicted octanol–water partition coefficient (Wildman–Crippen LogP) is 20.3. The van der Waals surface area contributed by atoms with Crippen molar-refractivity contribution < 1.29 is 80.2 Å². The highest BCUT2D eigenvalue weighted by Gasteiger charge is 2.30. The molecule has 92 heavy (non-hydrogen) atoms. The highest BCUT2D eigenvalue weighted by atomic mass is 31.2. The molecular weight excluding hydrogens is 1210 g/mol. The lowest BCUT2D eigenvalue weighted by Crippen LogP contribution is -2.30. The van der Waals surface area contributed by atoms with Gasteiger partial charge in [-0.25, -0.2) is 9.13 Å². The van der Waals surface area contributed by atoms with Gasteiger partial charge in [-0.2, -0.15) is 0 Å². The summed E-state index contributed by atoms with van der Waals surface area (Å²) in [5, 5.41) is 10.6. The summed E-state index contributed by atoms with van der Waals surface area (Å²) in [5.74, 6) is -2.18. The topological polar surface area (TPSA) is 237 Å². The van der Waals surface area contributed by atoms with Crippen LogP contribution < -0.4 is 0 Å². The van der Waals surface area contributed by atoms with Gasteiger partial charge in [0.25, 0.3) is 0 Å². The maximum Gasteiger partial charge on any atom is 0.472 e. The van der Waals surface area contributed by atoms with E-state index in [2.05, 4.69) is 88.5 Å². The molecule has 19 heteroatoms. The Morgan fingerprint density at radius 1 is 0.315 bits per heavy atom. The first kappa shape index (κ1) is 88.8. The zero-order valence-electron chi connectivity index (χ0n) is 58.2. The van der Waals surface area contributed by atoms with Gasteiger partial charge in [-0.1, -0.05) is 288 Å². The van der Waals surface area contributed by atoms with Gasteiger partial charge in [0.1, 0.15) is 19.3 Å². The van der Waals surface area contributed by atoms with Crippen molar-refractivity contribution >= 4 is 39.5 Å². The lowest BCUT2D eigenvalue weighted by atomic mass is 10.1. The molecule has 536 valence electrons. The van der Waals surface area contributed by atoms with E-state index in [1.165, 1.54) is 122 Å². The number of unbranched alkanes of at least 4 members (excludes halogenated alkanes) is 33. The minimum Gasteiger partial charge on any atom is -0.462 e. The zero-order valence-corrected chi connectivity index (χ0v) is 60.0. The summed E-state index contributed by atoms with van der Waals surface area (Å²) in [4.78, 5) is 72.5. The minimum absolute atomic E-state index is 0.0928. The number of hydrogen-bond acceptors (Lipinski definition) is 15. The van der Waals surface area contributed by atoms with Crippen LogP contribution in [0.4, 0.5) is 0 Å². The van der Waals surface area contributed by atoms with Crippen molar-refractivity contribution in [1.29, 1.82) is 0 Å². The molecule has 0 aromatic carbocycles. The van der Waals surface area contributed by atoms with Gasteiger partial charge in [-0.05, 0) is 70.6 Å². The third kappa shape index (κ3) is 65.4. The number of ether oxygens (including phenoxy) is 4. The molecule has 0 spiro atoms. The molecular formula is C73H132O17P2. The molecule has 0 fully saturated rings. The van der Waals surface area contributed by atoms with Crippen LogP contribution in [0.3, 0.4) is 0 Å². The Kier molecular flexibility index (Phi) is 64.0. The van der Waals surface area contributed by atoms with Crippen LogP contribution in [0.15, 0.2) is 60.8 Å². The smallest absolute Gasteiger partial charge is 0.462 e. The molecule has 0 aliphatic heterocycles. The minimum atomic E-state index is -4.97. The summed E-state index contributed by atoms with van der Waals surface area (Å²) in [6.45, 7) is 4.73. The van der Waals surface area contributed by atoms with Crippen molar-refractivity contribution in [2.45, 2.75) is 341 Å². The molecule has 0 radical (unpaired) electrons. The number of carbonyl (C=O) groups excluding carboxylic acids is 4. The molecule has 17 nitrogen and oxygen atoms in total. The molecule has 0 heterocycles. The molecule has 0 aliphatic carbocycles. The molecule has 0 aromatic heterocycles. The van der Waals surface area contributed by atoms with E-state index in [4.69, 9.17) is 37.0 Å². The zero-order chi connectivity index (χ0) is 67.5. The summed E-state index contributed by atoms with van der Waals surface area (Å²) < 4.78 is 68.2. The summed E-state index contributed by atoms with van der Waals surface area (Å²) >= 11 is 0. The van der Waals surface area contributed by atoms with Gasteiger partial charge in [0.05, 0.1) is 26.4 Å². The van der Waals surface area contributed by atoms with Crippen LogP contribution in [0.1, 0.15) is 323 Å². The van der Waals surface area contributed by atoms with Gasteiger partial charge in [0.2, 0.25) is 0 Å². The van der Waals surface area contributed by atoms with E-state index in [0.29, 0.717) is 25.7 Å². The number of carbonyl (C=O) groups is 4. The highest BCUT2D eigenvalue weighted by molar-refractivity contribution is 7.47. The molecule has 0 rings (SSSR count). The summed E-state index contributed by atoms with van der Waals surface area (Å²) in [6.07, 6.45) is 62.3. The SMILES string of the molecule is CC/C=C\C/C=C\C/C=C\C/C=C\C/C=C\CCCCCC(=O)OCC(COP(=O)(O)OCC(O)COP(=O)(O)OCC(COC(=O)CCCCCCCCCCCCC)OC(=O)CCCCCCCCCCCCC)OC(=O)CCCCCCCCCCCCC. The van der Waals surface area contributed by atoms with E-state index in [9.17, 15) is 43.2 Å². The molecule has 0 amide bonds. The first-order valence-electron chi connectivity index (χ1n) is 36.5. The second-order valence-electron chi connectivity index (χ2n) is 24.5. The van der Waals surface area contributed by atoms with Crippen molar-refractivity contribution in [2.24, 2.45) is 0 Å². The average Bonchev–Trinajstić information content (AvgIpc) is 2.26. The molecule has 5 atom stereocenters. The van der Waals surface area contributed by atoms with E-state index in [1.807, 2.05) is 0 Å². The number of phosphoric ester groups is 2. The second-order valence-corrected chi connectivity index (χ2v) is 27.4. The average molecular weight is 1340 g/mol. The maximum absolute atomic E-state index is 13.0. The van der Waals surface area contributed by atoms with Crippen LogP contribution >= 0.6 is 15.6 Å². The van der Waals surface area contributed by atoms with Crippen LogP contribution in [-0.2, 0) is 65.4 Å². The van der Waals surface area contributed by atoms with Crippen molar-refractivity contribution in [3.8, 4) is 0 Å². The summed E-state index contributed by atoms with van der Waals surface area (Å²) in [7, 11) is -9.92. The number of hydrogen-bond donors (Lipinski definition) is 3. The van der Waals surface area contributed by atoms with E-state index in [-0.39, 0.29) is 25.7 Å². The first-order chi connectivity index (χ1) is 44.7. The van der Waals surface area contributed by atoms with Gasteiger partial charge < -0.3 is 33.8 Å². The van der Waals surface area contributed by atoms with Gasteiger partial charge >= 0.3 is 39.5 Å². The molecule has 5 unspecified atom stereocenters. The lowest BCUT2D eigenvalue weighted by molar-refractivity contribution is -0.161. The Hall–Kier alpha value is -3.24. The molecule has 0 saturated heterocycles. The van der Waals surface area contributed by atoms with Crippen LogP contribution in [-0.4, -0.2) is 96.7 Å². The monoisotopic (exact) mass is 1340 g/mol. The predicted molar refractivity (Wildman–Crippen MR) is 372 cm³/mol. The van der Waals surface area contributed by atoms with Crippen molar-refractivity contribution in [1.82, 2.24) is 0 Å². The normalized spacial score (nSPS) is 14.4. The lowest BCUT2D eigenvalue weighted by Gasteiger charge is -2.21. The number of aliphatic hydroxyl groups is 1. The molecule has 0 bridgehead atoms. The molecule has 0 aromatic rings. The Morgan fingerprint density at radius 3 is 0.870 bits per heavy atom. The van der Waals surface area contributed by atoms with E-state index < -0.39 is 97.5 Å². The van der Waals surface area contributed by atoms with Gasteiger partial charge in [0.15, 0.2) is 12.2 Å². The number of rotatable bonds is 69. The van der Waals surface area contributed by atoms with Crippen LogP contribution in [0.25, 0.3) is 0 Å². The van der Waals surface area contributed by atoms with E-state index >= 15 is 0 Å². The van der Waals surface area contributed by atoms with Gasteiger partial charge in [-0.3, -0.25) is 37.3 Å². The van der Waals surface area contributed by atoms with Crippen molar-refractivity contribution in [3.05, 3.63) is 60.8 Å². The van der Waals surface area contributed by atoms with Crippen LogP contribution in [0.5, 0.6) is 0 Å². The van der Waals surface area contributed by atoms with E-state index in [1.54, 1.807) is 0 Å². The standard InChI is InChI=1S/C73H132O17P2/c1-5-9-13-17-21-25-29-30-31-32-33-34-35-36-40-42-46-50-54-58-71(76)84-64-69(90-73(78)60-56-52-48-44-39-28-24-20-16-12-8-4)66-88-92(81,82)86-62-67(74)61-85-91(79,80)87-65-68(89-72(77)59-55-51-47-43-38-27-23-19-15-11-7-3)63-83-70(75)57-53-49-45-41-37-26-22-18-14-10-6-2/h9,13,21,25,30-31,33-34,36,40,67-69,74H,5-8,10-12,14-20,22-24,26-29,32,35,37-39,41-66H2,1-4H3,(H,79,80)(H,81,82)/b13-9-,25-21-,31-30-,34-33-,40-36-.